The molecule has 0 radical (unpaired) electrons. The summed E-state index contributed by atoms with van der Waals surface area (Å²) in [5.74, 6) is -0.917. The molecule has 1 fully saturated rings. The molecular formula is C28H33N5O6S. The predicted molar refractivity (Wildman–Crippen MR) is 152 cm³/mol. The molecule has 4 rings (SSSR count). The minimum Gasteiger partial charge on any atom is -0.494 e. The first-order valence-electron chi connectivity index (χ1n) is 13.1. The summed E-state index contributed by atoms with van der Waals surface area (Å²) in [5.41, 5.74) is 12.1. The molecule has 0 saturated carbocycles. The lowest BCUT2D eigenvalue weighted by Gasteiger charge is -2.32. The molecule has 3 aromatic rings. The Balaban J connectivity index is 1.85. The van der Waals surface area contributed by atoms with Crippen molar-refractivity contribution in [3.8, 4) is 11.5 Å². The van der Waals surface area contributed by atoms with Crippen molar-refractivity contribution < 1.29 is 28.6 Å². The molecule has 0 bridgehead atoms. The van der Waals surface area contributed by atoms with Crippen LogP contribution in [0.3, 0.4) is 0 Å². The molecule has 0 unspecified atom stereocenters. The second kappa shape index (κ2) is 13.3. The van der Waals surface area contributed by atoms with Gasteiger partial charge < -0.3 is 31.0 Å². The highest BCUT2D eigenvalue weighted by Gasteiger charge is 2.37. The highest BCUT2D eigenvalue weighted by molar-refractivity contribution is 7.09. The van der Waals surface area contributed by atoms with Crippen LogP contribution in [0.25, 0.3) is 0 Å². The molecule has 12 heteroatoms. The highest BCUT2D eigenvalue weighted by Crippen LogP contribution is 2.38. The zero-order valence-corrected chi connectivity index (χ0v) is 23.2. The molecule has 2 aromatic carbocycles. The molecule has 212 valence electrons. The number of hydrogen-bond acceptors (Lipinski definition) is 9. The molecule has 11 nitrogen and oxygen atoms in total. The maximum Gasteiger partial charge on any atom is 0.273 e. The van der Waals surface area contributed by atoms with E-state index in [1.807, 2.05) is 13.8 Å². The Morgan fingerprint density at radius 1 is 1.12 bits per heavy atom. The second-order valence-electron chi connectivity index (χ2n) is 9.00. The van der Waals surface area contributed by atoms with Gasteiger partial charge in [0.05, 0.1) is 30.7 Å². The number of carbonyl (C=O) groups excluding carboxylic acids is 3. The molecule has 3 amide bonds. The van der Waals surface area contributed by atoms with E-state index in [-0.39, 0.29) is 28.9 Å². The Morgan fingerprint density at radius 2 is 1.85 bits per heavy atom. The number of benzene rings is 2. The van der Waals surface area contributed by atoms with Gasteiger partial charge in [0.15, 0.2) is 5.69 Å². The number of rotatable bonds is 12. The number of nitrogens with zero attached hydrogens (tertiary/aromatic N) is 2. The van der Waals surface area contributed by atoms with Crippen molar-refractivity contribution in [2.45, 2.75) is 38.8 Å². The summed E-state index contributed by atoms with van der Waals surface area (Å²) in [6.07, 6.45) is 1.64. The predicted octanol–water partition coefficient (Wildman–Crippen LogP) is 3.30. The molecule has 0 spiro atoms. The number of nitrogens with two attached hydrogens (primary N) is 2. The number of amides is 3. The van der Waals surface area contributed by atoms with Crippen molar-refractivity contribution in [1.82, 2.24) is 9.69 Å². The van der Waals surface area contributed by atoms with E-state index in [4.69, 9.17) is 25.7 Å². The molecule has 2 atom stereocenters. The van der Waals surface area contributed by atoms with E-state index in [1.54, 1.807) is 48.5 Å². The molecule has 1 aliphatic rings. The molecule has 2 heterocycles. The van der Waals surface area contributed by atoms with Gasteiger partial charge in [-0.05, 0) is 68.1 Å². The maximum absolute atomic E-state index is 14.3. The number of nitrogen functional groups attached to an aromatic ring is 1. The minimum absolute atomic E-state index is 0.0250. The lowest BCUT2D eigenvalue weighted by Crippen LogP contribution is -2.45. The summed E-state index contributed by atoms with van der Waals surface area (Å²) in [4.78, 5) is 41.4. The van der Waals surface area contributed by atoms with Gasteiger partial charge in [0.2, 0.25) is 5.91 Å². The minimum atomic E-state index is -1.15. The van der Waals surface area contributed by atoms with E-state index in [2.05, 4.69) is 9.69 Å². The summed E-state index contributed by atoms with van der Waals surface area (Å²) >= 11 is 0.742. The quantitative estimate of drug-likeness (QED) is 0.301. The Labute approximate surface area is 236 Å². The highest BCUT2D eigenvalue weighted by atomic mass is 32.1. The van der Waals surface area contributed by atoms with Crippen LogP contribution in [0.2, 0.25) is 0 Å². The summed E-state index contributed by atoms with van der Waals surface area (Å²) in [7, 11) is 0. The number of hydrogen-bond donors (Lipinski definition) is 3. The van der Waals surface area contributed by atoms with Gasteiger partial charge in [-0.25, -0.2) is 0 Å². The van der Waals surface area contributed by atoms with Gasteiger partial charge >= 0.3 is 0 Å². The zero-order valence-electron chi connectivity index (χ0n) is 22.4. The zero-order chi connectivity index (χ0) is 28.6. The van der Waals surface area contributed by atoms with E-state index in [0.717, 1.165) is 24.4 Å². The fourth-order valence-corrected chi connectivity index (χ4v) is 5.23. The van der Waals surface area contributed by atoms with Crippen LogP contribution >= 0.6 is 11.5 Å². The van der Waals surface area contributed by atoms with Crippen LogP contribution < -0.4 is 31.2 Å². The average Bonchev–Trinajstić information content (AvgIpc) is 3.61. The van der Waals surface area contributed by atoms with Crippen LogP contribution in [0.1, 0.15) is 58.5 Å². The standard InChI is InChI=1S/C28H33N5O6S/c1-3-37-18-13-11-17(12-14-18)24(27(35)31-16-19-8-7-15-39-19)33(20-9-5-6-10-21(20)38-4-2)28(36)25-22(29)23(26(30)34)32-40-25/h5-6,9-14,19,24H,3-4,7-8,15-16,29H2,1-2H3,(H2,30,34)(H,31,35)/t19-,24+/m0/s1. The summed E-state index contributed by atoms with van der Waals surface area (Å²) in [6, 6.07) is 12.7. The van der Waals surface area contributed by atoms with Gasteiger partial charge in [0.25, 0.3) is 11.8 Å². The van der Waals surface area contributed by atoms with Crippen LogP contribution in [0, 0.1) is 0 Å². The second-order valence-corrected chi connectivity index (χ2v) is 9.77. The van der Waals surface area contributed by atoms with Gasteiger partial charge in [-0.15, -0.1) is 0 Å². The van der Waals surface area contributed by atoms with Crippen molar-refractivity contribution in [3.63, 3.8) is 0 Å². The van der Waals surface area contributed by atoms with E-state index in [0.29, 0.717) is 42.6 Å². The number of ether oxygens (including phenoxy) is 3. The van der Waals surface area contributed by atoms with Crippen molar-refractivity contribution in [3.05, 3.63) is 64.7 Å². The maximum atomic E-state index is 14.3. The van der Waals surface area contributed by atoms with Crippen molar-refractivity contribution in [2.24, 2.45) is 5.73 Å². The number of carbonyl (C=O) groups is 3. The number of anilines is 2. The summed E-state index contributed by atoms with van der Waals surface area (Å²) in [5, 5.41) is 2.96. The molecule has 5 N–H and O–H groups in total. The third-order valence-corrected chi connectivity index (χ3v) is 7.19. The van der Waals surface area contributed by atoms with Crippen LogP contribution in [-0.2, 0) is 9.53 Å². The number of aromatic nitrogens is 1. The van der Waals surface area contributed by atoms with E-state index in [9.17, 15) is 14.4 Å². The topological polar surface area (TPSA) is 159 Å². The average molecular weight is 568 g/mol. The van der Waals surface area contributed by atoms with Crippen molar-refractivity contribution >= 4 is 40.6 Å². The van der Waals surface area contributed by atoms with Gasteiger partial charge in [-0.2, -0.15) is 4.37 Å². The Bertz CT molecular complexity index is 1340. The smallest absolute Gasteiger partial charge is 0.273 e. The molecule has 1 saturated heterocycles. The van der Waals surface area contributed by atoms with Gasteiger partial charge in [-0.3, -0.25) is 19.3 Å². The number of nitrogens with one attached hydrogen (secondary N) is 1. The third-order valence-electron chi connectivity index (χ3n) is 6.34. The van der Waals surface area contributed by atoms with Crippen molar-refractivity contribution in [1.29, 1.82) is 0 Å². The van der Waals surface area contributed by atoms with Gasteiger partial charge in [0, 0.05) is 13.2 Å². The van der Waals surface area contributed by atoms with Crippen LogP contribution in [0.5, 0.6) is 11.5 Å². The van der Waals surface area contributed by atoms with E-state index in [1.165, 1.54) is 4.90 Å². The monoisotopic (exact) mass is 567 g/mol. The van der Waals surface area contributed by atoms with Crippen LogP contribution in [0.15, 0.2) is 48.5 Å². The molecule has 40 heavy (non-hydrogen) atoms. The van der Waals surface area contributed by atoms with Crippen LogP contribution in [-0.4, -0.2) is 54.6 Å². The first-order valence-corrected chi connectivity index (χ1v) is 13.8. The Kier molecular flexibility index (Phi) is 9.56. The third kappa shape index (κ3) is 6.35. The normalized spacial score (nSPS) is 15.3. The molecule has 0 aliphatic carbocycles. The molecule has 1 aliphatic heterocycles. The lowest BCUT2D eigenvalue weighted by molar-refractivity contribution is -0.123. The lowest BCUT2D eigenvalue weighted by atomic mass is 10.0. The van der Waals surface area contributed by atoms with Gasteiger partial charge in [0.1, 0.15) is 22.4 Å². The first-order chi connectivity index (χ1) is 19.3. The molecular weight excluding hydrogens is 534 g/mol. The Hall–Kier alpha value is -4.16. The van der Waals surface area contributed by atoms with Gasteiger partial charge in [-0.1, -0.05) is 24.3 Å². The number of para-hydroxylation sites is 2. The van der Waals surface area contributed by atoms with E-state index < -0.39 is 23.8 Å². The van der Waals surface area contributed by atoms with Crippen LogP contribution in [0.4, 0.5) is 11.4 Å². The van der Waals surface area contributed by atoms with E-state index >= 15 is 0 Å². The fourth-order valence-electron chi connectivity index (χ4n) is 4.49. The largest absolute Gasteiger partial charge is 0.494 e. The molecule has 1 aromatic heterocycles. The Morgan fingerprint density at radius 3 is 2.48 bits per heavy atom. The summed E-state index contributed by atoms with van der Waals surface area (Å²) in [6.45, 7) is 5.43. The summed E-state index contributed by atoms with van der Waals surface area (Å²) < 4.78 is 21.1. The fraction of sp³-hybridized carbons (Fsp3) is 0.357. The number of primary amides is 1. The SMILES string of the molecule is CCOc1ccc([C@H](C(=O)NC[C@@H]2CCCO2)N(C(=O)c2snc(C(N)=O)c2N)c2ccccc2OCC)cc1. The van der Waals surface area contributed by atoms with Crippen molar-refractivity contribution in [2.75, 3.05) is 37.0 Å². The first kappa shape index (κ1) is 28.8.